The molecule has 1 aromatic heterocycles. The number of nitrogens with zero attached hydrogens (tertiary/aromatic N) is 1. The molecule has 0 saturated heterocycles. The fraction of sp³-hybridized carbons (Fsp3) is 0.643. The van der Waals surface area contributed by atoms with Crippen LogP contribution in [0, 0.1) is 6.92 Å². The molecule has 1 aromatic rings. The van der Waals surface area contributed by atoms with Crippen molar-refractivity contribution in [2.45, 2.75) is 51.6 Å². The highest BCUT2D eigenvalue weighted by atomic mass is 16.5. The zero-order chi connectivity index (χ0) is 15.1. The largest absolute Gasteiger partial charge is 0.462 e. The average Bonchev–Trinajstić information content (AvgIpc) is 3.07. The molecule has 1 aliphatic rings. The standard InChI is InChI=1S/C14H21N3O4/c1-10-9-12(17-21-10)16-14(19)15-8-4-7-13(18)20-11-5-2-3-6-11/h9,11H,2-8H2,1H3,(H2,15,16,17,19). The van der Waals surface area contributed by atoms with Gasteiger partial charge >= 0.3 is 12.0 Å². The third-order valence-electron chi connectivity index (χ3n) is 3.31. The Morgan fingerprint density at radius 2 is 2.19 bits per heavy atom. The van der Waals surface area contributed by atoms with E-state index < -0.39 is 0 Å². The van der Waals surface area contributed by atoms with Gasteiger partial charge in [0.2, 0.25) is 0 Å². The summed E-state index contributed by atoms with van der Waals surface area (Å²) in [6, 6.07) is 1.26. The molecule has 0 spiro atoms. The first-order valence-electron chi connectivity index (χ1n) is 7.31. The number of urea groups is 1. The molecule has 2 rings (SSSR count). The van der Waals surface area contributed by atoms with Crippen LogP contribution in [0.25, 0.3) is 0 Å². The van der Waals surface area contributed by atoms with Crippen molar-refractivity contribution in [1.82, 2.24) is 10.5 Å². The number of nitrogens with one attached hydrogen (secondary N) is 2. The van der Waals surface area contributed by atoms with Gasteiger partial charge < -0.3 is 14.6 Å². The first-order valence-corrected chi connectivity index (χ1v) is 7.31. The van der Waals surface area contributed by atoms with Crippen LogP contribution in [0.4, 0.5) is 10.6 Å². The summed E-state index contributed by atoms with van der Waals surface area (Å²) in [5.41, 5.74) is 0. The number of ether oxygens (including phenoxy) is 1. The minimum Gasteiger partial charge on any atom is -0.462 e. The van der Waals surface area contributed by atoms with E-state index in [0.717, 1.165) is 25.7 Å². The van der Waals surface area contributed by atoms with Gasteiger partial charge in [-0.2, -0.15) is 0 Å². The van der Waals surface area contributed by atoms with Crippen LogP contribution in [0.2, 0.25) is 0 Å². The summed E-state index contributed by atoms with van der Waals surface area (Å²) >= 11 is 0. The molecular formula is C14H21N3O4. The Labute approximate surface area is 123 Å². The van der Waals surface area contributed by atoms with Gasteiger partial charge in [0.25, 0.3) is 0 Å². The maximum absolute atomic E-state index is 11.6. The van der Waals surface area contributed by atoms with Crippen molar-refractivity contribution < 1.29 is 18.8 Å². The van der Waals surface area contributed by atoms with Crippen LogP contribution in [0.3, 0.4) is 0 Å². The predicted octanol–water partition coefficient (Wildman–Crippen LogP) is 2.37. The average molecular weight is 295 g/mol. The third kappa shape index (κ3) is 5.45. The number of carbonyl (C=O) groups excluding carboxylic acids is 2. The number of amides is 2. The van der Waals surface area contributed by atoms with Crippen molar-refractivity contribution >= 4 is 17.8 Å². The summed E-state index contributed by atoms with van der Waals surface area (Å²) in [5, 5.41) is 8.84. The Morgan fingerprint density at radius 1 is 1.43 bits per heavy atom. The van der Waals surface area contributed by atoms with Gasteiger partial charge in [0.05, 0.1) is 0 Å². The molecule has 21 heavy (non-hydrogen) atoms. The monoisotopic (exact) mass is 295 g/mol. The van der Waals surface area contributed by atoms with E-state index in [-0.39, 0.29) is 18.1 Å². The molecule has 0 aromatic carbocycles. The molecule has 1 aliphatic carbocycles. The Bertz CT molecular complexity index is 480. The van der Waals surface area contributed by atoms with Crippen LogP contribution < -0.4 is 10.6 Å². The topological polar surface area (TPSA) is 93.5 Å². The molecule has 0 bridgehead atoms. The number of rotatable bonds is 6. The van der Waals surface area contributed by atoms with E-state index in [1.165, 1.54) is 0 Å². The lowest BCUT2D eigenvalue weighted by molar-refractivity contribution is -0.148. The van der Waals surface area contributed by atoms with Gasteiger partial charge in [-0.15, -0.1) is 0 Å². The zero-order valence-corrected chi connectivity index (χ0v) is 12.2. The SMILES string of the molecule is Cc1cc(NC(=O)NCCCC(=O)OC2CCCC2)no1. The second-order valence-corrected chi connectivity index (χ2v) is 5.20. The van der Waals surface area contributed by atoms with Crippen LogP contribution >= 0.6 is 0 Å². The van der Waals surface area contributed by atoms with Crippen LogP contribution in [-0.4, -0.2) is 29.8 Å². The zero-order valence-electron chi connectivity index (χ0n) is 12.2. The molecule has 2 amide bonds. The number of hydrogen-bond acceptors (Lipinski definition) is 5. The summed E-state index contributed by atoms with van der Waals surface area (Å²) in [4.78, 5) is 23.1. The van der Waals surface area contributed by atoms with E-state index in [2.05, 4.69) is 15.8 Å². The lowest BCUT2D eigenvalue weighted by Gasteiger charge is -2.11. The third-order valence-corrected chi connectivity index (χ3v) is 3.31. The van der Waals surface area contributed by atoms with Gasteiger partial charge in [0.15, 0.2) is 5.82 Å². The Morgan fingerprint density at radius 3 is 2.86 bits per heavy atom. The number of anilines is 1. The van der Waals surface area contributed by atoms with Gasteiger partial charge in [-0.1, -0.05) is 5.16 Å². The molecule has 0 aliphatic heterocycles. The molecule has 1 fully saturated rings. The van der Waals surface area contributed by atoms with E-state index in [1.54, 1.807) is 13.0 Å². The highest BCUT2D eigenvalue weighted by molar-refractivity contribution is 5.88. The fourth-order valence-corrected chi connectivity index (χ4v) is 2.27. The lowest BCUT2D eigenvalue weighted by Crippen LogP contribution is -2.30. The van der Waals surface area contributed by atoms with E-state index in [1.807, 2.05) is 0 Å². The smallest absolute Gasteiger partial charge is 0.320 e. The van der Waals surface area contributed by atoms with Gasteiger partial charge in [0.1, 0.15) is 11.9 Å². The van der Waals surface area contributed by atoms with Crippen molar-refractivity contribution in [2.75, 3.05) is 11.9 Å². The molecule has 116 valence electrons. The Hall–Kier alpha value is -2.05. The van der Waals surface area contributed by atoms with Crippen molar-refractivity contribution in [3.8, 4) is 0 Å². The molecule has 1 heterocycles. The Balaban J connectivity index is 1.54. The van der Waals surface area contributed by atoms with E-state index >= 15 is 0 Å². The summed E-state index contributed by atoms with van der Waals surface area (Å²) in [6.45, 7) is 2.15. The molecular weight excluding hydrogens is 274 g/mol. The summed E-state index contributed by atoms with van der Waals surface area (Å²) in [7, 11) is 0. The number of aryl methyl sites for hydroxylation is 1. The molecule has 0 atom stereocenters. The number of carbonyl (C=O) groups is 2. The summed E-state index contributed by atoms with van der Waals surface area (Å²) in [5.74, 6) is 0.807. The van der Waals surface area contributed by atoms with Gasteiger partial charge in [-0.25, -0.2) is 4.79 Å². The minimum absolute atomic E-state index is 0.101. The molecule has 1 saturated carbocycles. The maximum Gasteiger partial charge on any atom is 0.320 e. The normalized spacial score (nSPS) is 14.9. The number of hydrogen-bond donors (Lipinski definition) is 2. The fourth-order valence-electron chi connectivity index (χ4n) is 2.27. The van der Waals surface area contributed by atoms with E-state index in [9.17, 15) is 9.59 Å². The predicted molar refractivity (Wildman–Crippen MR) is 75.8 cm³/mol. The van der Waals surface area contributed by atoms with Crippen LogP contribution in [0.5, 0.6) is 0 Å². The van der Waals surface area contributed by atoms with Crippen molar-refractivity contribution in [3.63, 3.8) is 0 Å². The maximum atomic E-state index is 11.6. The Kier molecular flexibility index (Phi) is 5.59. The summed E-state index contributed by atoms with van der Waals surface area (Å²) < 4.78 is 10.2. The van der Waals surface area contributed by atoms with E-state index in [0.29, 0.717) is 31.0 Å². The van der Waals surface area contributed by atoms with Crippen molar-refractivity contribution in [2.24, 2.45) is 0 Å². The lowest BCUT2D eigenvalue weighted by atomic mass is 10.3. The van der Waals surface area contributed by atoms with E-state index in [4.69, 9.17) is 9.26 Å². The highest BCUT2D eigenvalue weighted by Crippen LogP contribution is 2.21. The first kappa shape index (κ1) is 15.3. The van der Waals surface area contributed by atoms with Crippen LogP contribution in [0.15, 0.2) is 10.6 Å². The summed E-state index contributed by atoms with van der Waals surface area (Å²) in [6.07, 6.45) is 5.20. The van der Waals surface area contributed by atoms with Gasteiger partial charge in [0, 0.05) is 19.0 Å². The molecule has 0 unspecified atom stereocenters. The number of aromatic nitrogens is 1. The van der Waals surface area contributed by atoms with Crippen LogP contribution in [-0.2, 0) is 9.53 Å². The van der Waals surface area contributed by atoms with Crippen molar-refractivity contribution in [3.05, 3.63) is 11.8 Å². The highest BCUT2D eigenvalue weighted by Gasteiger charge is 2.18. The number of esters is 1. The van der Waals surface area contributed by atoms with Gasteiger partial charge in [-0.05, 0) is 39.0 Å². The second kappa shape index (κ2) is 7.66. The quantitative estimate of drug-likeness (QED) is 0.620. The molecule has 7 heteroatoms. The van der Waals surface area contributed by atoms with Gasteiger partial charge in [-0.3, -0.25) is 10.1 Å². The van der Waals surface area contributed by atoms with Crippen LogP contribution in [0.1, 0.15) is 44.3 Å². The molecule has 2 N–H and O–H groups in total. The van der Waals surface area contributed by atoms with Crippen molar-refractivity contribution in [1.29, 1.82) is 0 Å². The molecule has 0 radical (unpaired) electrons. The first-order chi connectivity index (χ1) is 10.1. The minimum atomic E-state index is -0.368. The molecule has 7 nitrogen and oxygen atoms in total. The second-order valence-electron chi connectivity index (χ2n) is 5.20.